The van der Waals surface area contributed by atoms with Crippen molar-refractivity contribution in [3.8, 4) is 0 Å². The molecule has 0 aliphatic rings. The van der Waals surface area contributed by atoms with Gasteiger partial charge in [0.1, 0.15) is 24.2 Å². The number of aliphatic carboxylic acids is 1. The summed E-state index contributed by atoms with van der Waals surface area (Å²) in [5.74, 6) is -8.07. The third-order valence-electron chi connectivity index (χ3n) is 7.60. The molecule has 16 N–H and O–H groups in total. The van der Waals surface area contributed by atoms with E-state index < -0.39 is 109 Å². The summed E-state index contributed by atoms with van der Waals surface area (Å²) in [6.07, 6.45) is 1.59. The molecule has 0 fully saturated rings. The van der Waals surface area contributed by atoms with Gasteiger partial charge in [0, 0.05) is 18.3 Å². The highest BCUT2D eigenvalue weighted by molar-refractivity contribution is 5.97. The lowest BCUT2D eigenvalue weighted by Crippen LogP contribution is -2.60. The summed E-state index contributed by atoms with van der Waals surface area (Å²) in [5, 5.41) is 42.6. The van der Waals surface area contributed by atoms with E-state index in [1.54, 1.807) is 0 Å². The third-order valence-corrected chi connectivity index (χ3v) is 7.60. The Kier molecular flexibility index (Phi) is 20.2. The topological polar surface area (TPSA) is 376 Å². The predicted octanol–water partition coefficient (Wildman–Crippen LogP) is -5.67. The van der Waals surface area contributed by atoms with E-state index in [9.17, 15) is 53.7 Å². The molecule has 7 amide bonds. The molecule has 22 heteroatoms. The van der Waals surface area contributed by atoms with Crippen LogP contribution in [0.5, 0.6) is 0 Å². The molecule has 1 heterocycles. The minimum atomic E-state index is -1.70. The quantitative estimate of drug-likeness (QED) is 0.0414. The lowest BCUT2D eigenvalue weighted by molar-refractivity contribution is -0.145. The van der Waals surface area contributed by atoms with Gasteiger partial charge in [0.05, 0.1) is 38.0 Å². The van der Waals surface area contributed by atoms with Crippen molar-refractivity contribution in [3.63, 3.8) is 0 Å². The molecule has 0 bridgehead atoms. The minimum Gasteiger partial charge on any atom is -0.480 e. The molecule has 1 aromatic heterocycles. The second-order valence-electron chi connectivity index (χ2n) is 12.7. The van der Waals surface area contributed by atoms with Crippen molar-refractivity contribution >= 4 is 47.3 Å². The molecule has 22 nitrogen and oxygen atoms in total. The van der Waals surface area contributed by atoms with E-state index in [4.69, 9.17) is 17.2 Å². The fourth-order valence-electron chi connectivity index (χ4n) is 4.81. The summed E-state index contributed by atoms with van der Waals surface area (Å²) in [6, 6.07) is -8.57. The number of carbonyl (C=O) groups excluding carboxylic acids is 7. The molecular weight excluding hydrogens is 702 g/mol. The number of amides is 7. The Labute approximate surface area is 305 Å². The van der Waals surface area contributed by atoms with E-state index in [0.717, 1.165) is 6.92 Å². The number of imidazole rings is 1. The smallest absolute Gasteiger partial charge is 0.328 e. The number of nitrogens with one attached hydrogen (secondary N) is 7. The fourth-order valence-corrected chi connectivity index (χ4v) is 4.81. The molecule has 0 saturated heterocycles. The molecule has 0 unspecified atom stereocenters. The van der Waals surface area contributed by atoms with Crippen LogP contribution in [-0.4, -0.2) is 135 Å². The number of aromatic nitrogens is 2. The number of carboxylic acids is 1. The number of nitrogens with two attached hydrogens (primary N) is 3. The van der Waals surface area contributed by atoms with Crippen molar-refractivity contribution in [2.75, 3.05) is 19.7 Å². The van der Waals surface area contributed by atoms with Crippen LogP contribution in [0, 0.1) is 5.92 Å². The van der Waals surface area contributed by atoms with Gasteiger partial charge in [-0.05, 0) is 45.1 Å². The number of nitrogens with zero attached hydrogens (tertiary/aromatic N) is 1. The maximum atomic E-state index is 13.3. The van der Waals surface area contributed by atoms with Crippen LogP contribution in [0.4, 0.5) is 0 Å². The zero-order valence-electron chi connectivity index (χ0n) is 29.9. The average Bonchev–Trinajstić information content (AvgIpc) is 3.59. The largest absolute Gasteiger partial charge is 0.480 e. The van der Waals surface area contributed by atoms with Gasteiger partial charge in [-0.25, -0.2) is 9.78 Å². The number of carbonyl (C=O) groups is 8. The zero-order chi connectivity index (χ0) is 40.2. The molecule has 7 atom stereocenters. The first-order valence-corrected chi connectivity index (χ1v) is 16.9. The highest BCUT2D eigenvalue weighted by atomic mass is 16.4. The lowest BCUT2D eigenvalue weighted by atomic mass is 10.0. The predicted molar refractivity (Wildman–Crippen MR) is 186 cm³/mol. The molecular formula is C31H53N11O11. The molecule has 0 aromatic carbocycles. The van der Waals surface area contributed by atoms with Crippen LogP contribution in [0.2, 0.25) is 0 Å². The highest BCUT2D eigenvalue weighted by Crippen LogP contribution is 2.06. The van der Waals surface area contributed by atoms with Crippen LogP contribution in [0.3, 0.4) is 0 Å². The second kappa shape index (κ2) is 23.4. The summed E-state index contributed by atoms with van der Waals surface area (Å²) in [4.78, 5) is 108. The number of hydrogen-bond donors (Lipinski definition) is 13. The number of carboxylic acid groups (broad SMARTS) is 1. The van der Waals surface area contributed by atoms with Crippen molar-refractivity contribution in [2.45, 2.75) is 102 Å². The Morgan fingerprint density at radius 2 is 1.43 bits per heavy atom. The van der Waals surface area contributed by atoms with Crippen molar-refractivity contribution in [2.24, 2.45) is 23.1 Å². The van der Waals surface area contributed by atoms with Gasteiger partial charge in [0.25, 0.3) is 0 Å². The van der Waals surface area contributed by atoms with Crippen molar-refractivity contribution in [1.82, 2.24) is 41.9 Å². The van der Waals surface area contributed by atoms with E-state index in [1.165, 1.54) is 12.5 Å². The standard InChI is InChI=1S/C31H53N11O11/c1-15(2)8-18(33)26(47)39-20(9-17-11-35-14-37-17)29(50)41-22(13-43)30(51)40-21(10-23(34)45)27(48)36-12-24(46)38-19(6-4-5-7-32)28(49)42-25(16(3)44)31(52)53/h11,14-16,18-22,25,43-44H,4-10,12-13,32-33H2,1-3H3,(H2,34,45)(H,35,37)(H,36,48)(H,38,46)(H,39,47)(H,40,51)(H,41,50)(H,42,49)(H,52,53)/t16-,18+,19+,20+,21+,22+,25+/m1/s1. The first-order chi connectivity index (χ1) is 24.9. The SMILES string of the molecule is CC(C)C[C@H](N)C(=O)N[C@@H](Cc1cnc[nH]1)C(=O)N[C@@H](CO)C(=O)N[C@@H](CC(N)=O)C(=O)NCC(=O)N[C@@H](CCCCN)C(=O)N[C@H](C(=O)O)[C@@H](C)O. The monoisotopic (exact) mass is 755 g/mol. The molecule has 0 saturated carbocycles. The number of rotatable bonds is 25. The molecule has 0 aliphatic carbocycles. The fraction of sp³-hybridized carbons (Fsp3) is 0.645. The van der Waals surface area contributed by atoms with Crippen LogP contribution in [0.25, 0.3) is 0 Å². The molecule has 1 rings (SSSR count). The van der Waals surface area contributed by atoms with Crippen molar-refractivity contribution in [1.29, 1.82) is 0 Å². The highest BCUT2D eigenvalue weighted by Gasteiger charge is 2.32. The van der Waals surface area contributed by atoms with Gasteiger partial charge >= 0.3 is 5.97 Å². The third kappa shape index (κ3) is 17.3. The van der Waals surface area contributed by atoms with E-state index in [1.807, 2.05) is 13.8 Å². The molecule has 53 heavy (non-hydrogen) atoms. The minimum absolute atomic E-state index is 0.0284. The average molecular weight is 756 g/mol. The van der Waals surface area contributed by atoms with Crippen LogP contribution >= 0.6 is 0 Å². The normalized spacial score (nSPS) is 15.0. The van der Waals surface area contributed by atoms with E-state index in [2.05, 4.69) is 41.9 Å². The first kappa shape index (κ1) is 45.8. The molecule has 298 valence electrons. The number of aliphatic hydroxyl groups excluding tert-OH is 2. The Morgan fingerprint density at radius 3 is 1.96 bits per heavy atom. The van der Waals surface area contributed by atoms with Crippen LogP contribution < -0.4 is 49.1 Å². The van der Waals surface area contributed by atoms with Crippen LogP contribution in [-0.2, 0) is 44.8 Å². The van der Waals surface area contributed by atoms with Crippen LogP contribution in [0.15, 0.2) is 12.5 Å². The Balaban J connectivity index is 3.01. The number of unbranched alkanes of at least 4 members (excludes halogenated alkanes) is 1. The summed E-state index contributed by atoms with van der Waals surface area (Å²) < 4.78 is 0. The first-order valence-electron chi connectivity index (χ1n) is 16.9. The van der Waals surface area contributed by atoms with Gasteiger partial charge in [0.2, 0.25) is 41.4 Å². The second-order valence-corrected chi connectivity index (χ2v) is 12.7. The Hall–Kier alpha value is -5.19. The van der Waals surface area contributed by atoms with Crippen LogP contribution in [0.1, 0.15) is 58.6 Å². The van der Waals surface area contributed by atoms with E-state index >= 15 is 0 Å². The summed E-state index contributed by atoms with van der Waals surface area (Å²) in [5.41, 5.74) is 17.2. The Bertz CT molecular complexity index is 1390. The van der Waals surface area contributed by atoms with Gasteiger partial charge in [-0.2, -0.15) is 0 Å². The molecule has 1 aromatic rings. The number of aliphatic hydroxyl groups is 2. The number of primary amides is 1. The van der Waals surface area contributed by atoms with Gasteiger partial charge in [-0.3, -0.25) is 33.6 Å². The number of aromatic amines is 1. The summed E-state index contributed by atoms with van der Waals surface area (Å²) in [6.45, 7) is 3.38. The Morgan fingerprint density at radius 1 is 0.830 bits per heavy atom. The van der Waals surface area contributed by atoms with Gasteiger partial charge in [0.15, 0.2) is 6.04 Å². The maximum Gasteiger partial charge on any atom is 0.328 e. The number of H-pyrrole nitrogens is 1. The van der Waals surface area contributed by atoms with Gasteiger partial charge in [-0.1, -0.05) is 13.8 Å². The van der Waals surface area contributed by atoms with E-state index in [0.29, 0.717) is 25.0 Å². The molecule has 0 radical (unpaired) electrons. The maximum absolute atomic E-state index is 13.3. The number of hydrogen-bond acceptors (Lipinski definition) is 13. The molecule has 0 spiro atoms. The van der Waals surface area contributed by atoms with Crippen molar-refractivity contribution in [3.05, 3.63) is 18.2 Å². The summed E-state index contributed by atoms with van der Waals surface area (Å²) >= 11 is 0. The van der Waals surface area contributed by atoms with Gasteiger partial charge in [-0.15, -0.1) is 0 Å². The van der Waals surface area contributed by atoms with E-state index in [-0.39, 0.29) is 25.3 Å². The van der Waals surface area contributed by atoms with Crippen molar-refractivity contribution < 1.29 is 53.7 Å². The summed E-state index contributed by atoms with van der Waals surface area (Å²) in [7, 11) is 0. The lowest BCUT2D eigenvalue weighted by Gasteiger charge is -2.25. The van der Waals surface area contributed by atoms with Gasteiger partial charge < -0.3 is 69.4 Å². The zero-order valence-corrected chi connectivity index (χ0v) is 29.9. The molecule has 0 aliphatic heterocycles.